The van der Waals surface area contributed by atoms with Gasteiger partial charge in [-0.1, -0.05) is 0 Å². The molecule has 0 N–H and O–H groups in total. The average molecular weight is 349 g/mol. The van der Waals surface area contributed by atoms with E-state index in [-0.39, 0.29) is 22.9 Å². The molecular formula is C12H26Hf. The van der Waals surface area contributed by atoms with Gasteiger partial charge in [-0.05, 0) is 0 Å². The van der Waals surface area contributed by atoms with E-state index in [1.165, 1.54) is 38.5 Å². The summed E-state index contributed by atoms with van der Waals surface area (Å²) in [5.74, 6) is 0. The molecule has 0 spiro atoms. The van der Waals surface area contributed by atoms with Gasteiger partial charge in [-0.15, -0.1) is 0 Å². The van der Waals surface area contributed by atoms with Crippen molar-refractivity contribution >= 4 is 0 Å². The van der Waals surface area contributed by atoms with Gasteiger partial charge in [-0.3, -0.25) is 0 Å². The van der Waals surface area contributed by atoms with Crippen LogP contribution in [0.15, 0.2) is 0 Å². The van der Waals surface area contributed by atoms with Gasteiger partial charge in [0.25, 0.3) is 0 Å². The van der Waals surface area contributed by atoms with Crippen LogP contribution in [-0.4, -0.2) is 0 Å². The Balaban J connectivity index is 2.76. The summed E-state index contributed by atoms with van der Waals surface area (Å²) in [5.41, 5.74) is 0. The maximum atomic E-state index is 2.30. The number of hydrogen-bond donors (Lipinski definition) is 0. The summed E-state index contributed by atoms with van der Waals surface area (Å²) in [4.78, 5) is 0. The van der Waals surface area contributed by atoms with Crippen LogP contribution in [0, 0.1) is 0 Å². The maximum absolute atomic E-state index is 2.30. The van der Waals surface area contributed by atoms with Gasteiger partial charge < -0.3 is 0 Å². The van der Waals surface area contributed by atoms with Crippen molar-refractivity contribution in [3.63, 3.8) is 0 Å². The van der Waals surface area contributed by atoms with Crippen LogP contribution in [0.25, 0.3) is 0 Å². The third-order valence-electron chi connectivity index (χ3n) is 2.41. The first-order chi connectivity index (χ1) is 6.41. The van der Waals surface area contributed by atoms with Gasteiger partial charge in [0.2, 0.25) is 0 Å². The van der Waals surface area contributed by atoms with Crippen LogP contribution >= 0.6 is 0 Å². The van der Waals surface area contributed by atoms with E-state index in [1.54, 1.807) is 21.2 Å². The van der Waals surface area contributed by atoms with Gasteiger partial charge in [0.1, 0.15) is 0 Å². The second-order valence-electron chi connectivity index (χ2n) is 3.87. The minimum atomic E-state index is -0.0943. The van der Waals surface area contributed by atoms with Crippen molar-refractivity contribution in [2.75, 3.05) is 0 Å². The molecule has 0 fully saturated rings. The molecule has 0 heterocycles. The quantitative estimate of drug-likeness (QED) is 0.382. The zero-order valence-electron chi connectivity index (χ0n) is 9.57. The zero-order valence-corrected chi connectivity index (χ0v) is 13.2. The van der Waals surface area contributed by atoms with Crippen LogP contribution in [0.1, 0.15) is 65.2 Å². The molecule has 0 aromatic heterocycles. The third-order valence-corrected chi connectivity index (χ3v) is 7.50. The fourth-order valence-electron chi connectivity index (χ4n) is 1.48. The number of unbranched alkanes of at least 4 members (excludes halogenated alkanes) is 6. The third kappa shape index (κ3) is 12.9. The minimum absolute atomic E-state index is 0.0943. The molecule has 13 heavy (non-hydrogen) atoms. The predicted octanol–water partition coefficient (Wildman–Crippen LogP) is 5.07. The molecule has 0 aromatic carbocycles. The van der Waals surface area contributed by atoms with Crippen LogP contribution in [-0.2, 0) is 22.9 Å². The predicted molar refractivity (Wildman–Crippen MR) is 57.9 cm³/mol. The molecule has 0 saturated carbocycles. The summed E-state index contributed by atoms with van der Waals surface area (Å²) in [6.07, 6.45) is 11.9. The van der Waals surface area contributed by atoms with Gasteiger partial charge in [0.05, 0.1) is 0 Å². The molecule has 0 atom stereocenters. The van der Waals surface area contributed by atoms with E-state index in [9.17, 15) is 0 Å². The van der Waals surface area contributed by atoms with E-state index in [2.05, 4.69) is 13.8 Å². The Bertz CT molecular complexity index is 71.2. The molecule has 0 radical (unpaired) electrons. The van der Waals surface area contributed by atoms with Crippen molar-refractivity contribution in [2.24, 2.45) is 0 Å². The number of rotatable bonds is 10. The molecule has 0 nitrogen and oxygen atoms in total. The van der Waals surface area contributed by atoms with Crippen molar-refractivity contribution in [3.05, 3.63) is 0 Å². The fourth-order valence-corrected chi connectivity index (χ4v) is 5.97. The van der Waals surface area contributed by atoms with E-state index in [0.29, 0.717) is 0 Å². The van der Waals surface area contributed by atoms with Crippen LogP contribution in [0.3, 0.4) is 0 Å². The van der Waals surface area contributed by atoms with E-state index in [1.807, 2.05) is 0 Å². The Morgan fingerprint density at radius 2 is 1.08 bits per heavy atom. The molecule has 1 heteroatoms. The Morgan fingerprint density at radius 1 is 0.615 bits per heavy atom. The Kier molecular flexibility index (Phi) is 13.7. The summed E-state index contributed by atoms with van der Waals surface area (Å²) in [5, 5.41) is 0. The Labute approximate surface area is 96.2 Å². The molecule has 0 bridgehead atoms. The fraction of sp³-hybridized carbons (Fsp3) is 1.00. The summed E-state index contributed by atoms with van der Waals surface area (Å²) in [6, 6.07) is 0. The summed E-state index contributed by atoms with van der Waals surface area (Å²) in [7, 11) is 0. The van der Waals surface area contributed by atoms with Gasteiger partial charge in [0.15, 0.2) is 0 Å². The Hall–Kier alpha value is 0.870. The van der Waals surface area contributed by atoms with Crippen LogP contribution in [0.5, 0.6) is 0 Å². The van der Waals surface area contributed by atoms with E-state index in [0.717, 1.165) is 0 Å². The van der Waals surface area contributed by atoms with Crippen LogP contribution in [0.2, 0.25) is 8.35 Å². The number of hydrogen-bond acceptors (Lipinski definition) is 0. The van der Waals surface area contributed by atoms with E-state index in [4.69, 9.17) is 0 Å². The van der Waals surface area contributed by atoms with Crippen molar-refractivity contribution < 1.29 is 22.9 Å². The van der Waals surface area contributed by atoms with Gasteiger partial charge in [-0.2, -0.15) is 0 Å². The van der Waals surface area contributed by atoms with Gasteiger partial charge in [-0.25, -0.2) is 0 Å². The second kappa shape index (κ2) is 12.9. The molecule has 0 aliphatic heterocycles. The summed E-state index contributed by atoms with van der Waals surface area (Å²) < 4.78 is 3.35. The van der Waals surface area contributed by atoms with E-state index >= 15 is 0 Å². The van der Waals surface area contributed by atoms with Crippen molar-refractivity contribution in [1.29, 1.82) is 0 Å². The first-order valence-electron chi connectivity index (χ1n) is 6.12. The van der Waals surface area contributed by atoms with Gasteiger partial charge >= 0.3 is 96.5 Å². The summed E-state index contributed by atoms with van der Waals surface area (Å²) in [6.45, 7) is 4.60. The van der Waals surface area contributed by atoms with Crippen LogP contribution < -0.4 is 0 Å². The first-order valence-corrected chi connectivity index (χ1v) is 11.2. The molecule has 0 aromatic rings. The van der Waals surface area contributed by atoms with Crippen molar-refractivity contribution in [1.82, 2.24) is 0 Å². The van der Waals surface area contributed by atoms with Crippen LogP contribution in [0.4, 0.5) is 0 Å². The first kappa shape index (κ1) is 13.9. The molecular weight excluding hydrogens is 323 g/mol. The Morgan fingerprint density at radius 3 is 1.46 bits per heavy atom. The standard InChI is InChI=1S/2C6H13.Hf/c2*1-3-5-6-4-2;/h2*1,3-6H2,2H3;. The molecule has 0 unspecified atom stereocenters. The molecule has 0 rings (SSSR count). The molecule has 0 saturated heterocycles. The van der Waals surface area contributed by atoms with Gasteiger partial charge in [0, 0.05) is 0 Å². The molecule has 0 aliphatic rings. The monoisotopic (exact) mass is 350 g/mol. The average Bonchev–Trinajstić information content (AvgIpc) is 2.16. The van der Waals surface area contributed by atoms with E-state index < -0.39 is 0 Å². The van der Waals surface area contributed by atoms with Crippen molar-refractivity contribution in [3.8, 4) is 0 Å². The van der Waals surface area contributed by atoms with Crippen molar-refractivity contribution in [2.45, 2.75) is 73.6 Å². The normalized spacial score (nSPS) is 10.3. The molecule has 78 valence electrons. The molecule has 0 amide bonds. The second-order valence-corrected chi connectivity index (χ2v) is 9.26. The topological polar surface area (TPSA) is 0 Å². The summed E-state index contributed by atoms with van der Waals surface area (Å²) >= 11 is -0.0943. The SMILES string of the molecule is CCCCC[CH2][Hf][CH2]CCCCC. The zero-order chi connectivity index (χ0) is 9.78. The molecule has 0 aliphatic carbocycles.